The number of sulfonamides is 1. The van der Waals surface area contributed by atoms with E-state index in [0.717, 1.165) is 16.4 Å². The van der Waals surface area contributed by atoms with Crippen LogP contribution in [0.25, 0.3) is 0 Å². The van der Waals surface area contributed by atoms with Crippen LogP contribution in [0.2, 0.25) is 5.02 Å². The summed E-state index contributed by atoms with van der Waals surface area (Å²) in [5.41, 5.74) is 0.330. The smallest absolute Gasteiger partial charge is 0.269 e. The van der Waals surface area contributed by atoms with Gasteiger partial charge in [0.1, 0.15) is 10.7 Å². The van der Waals surface area contributed by atoms with Crippen LogP contribution in [0.3, 0.4) is 0 Å². The number of fused-ring (bicyclic) bond motifs is 1. The van der Waals surface area contributed by atoms with Crippen molar-refractivity contribution in [2.24, 2.45) is 0 Å². The van der Waals surface area contributed by atoms with E-state index in [1.165, 1.54) is 24.3 Å². The number of carbonyl (C=O) groups is 2. The van der Waals surface area contributed by atoms with Crippen LogP contribution in [0.4, 0.5) is 10.1 Å². The molecule has 136 valence electrons. The summed E-state index contributed by atoms with van der Waals surface area (Å²) in [4.78, 5) is 24.5. The van der Waals surface area contributed by atoms with Crippen molar-refractivity contribution in [3.63, 3.8) is 0 Å². The van der Waals surface area contributed by atoms with Gasteiger partial charge in [-0.3, -0.25) is 9.59 Å². The molecule has 0 saturated heterocycles. The highest BCUT2D eigenvalue weighted by atomic mass is 35.5. The van der Waals surface area contributed by atoms with Crippen molar-refractivity contribution in [2.75, 3.05) is 5.32 Å². The lowest BCUT2D eigenvalue weighted by Crippen LogP contribution is -2.36. The van der Waals surface area contributed by atoms with Gasteiger partial charge in [0, 0.05) is 17.3 Å². The van der Waals surface area contributed by atoms with Crippen molar-refractivity contribution in [3.8, 4) is 0 Å². The number of halogens is 2. The number of hydrogen-bond acceptors (Lipinski definition) is 4. The molecular weight excluding hydrogens is 383 g/mol. The molecule has 2 aromatic carbocycles. The average molecular weight is 397 g/mol. The molecule has 2 aromatic rings. The first-order valence-electron chi connectivity index (χ1n) is 7.62. The Kier molecular flexibility index (Phi) is 4.49. The van der Waals surface area contributed by atoms with Crippen molar-refractivity contribution in [2.45, 2.75) is 24.8 Å². The normalized spacial score (nSPS) is 15.3. The minimum atomic E-state index is -4.00. The number of rotatable bonds is 3. The van der Waals surface area contributed by atoms with Crippen LogP contribution in [-0.4, -0.2) is 30.6 Å². The Labute approximate surface area is 154 Å². The average Bonchev–Trinajstić information content (AvgIpc) is 2.77. The molecular formula is C17H14ClFN2O4S. The number of anilines is 1. The van der Waals surface area contributed by atoms with E-state index in [9.17, 15) is 22.4 Å². The second kappa shape index (κ2) is 6.37. The van der Waals surface area contributed by atoms with Gasteiger partial charge in [0.15, 0.2) is 0 Å². The topological polar surface area (TPSA) is 83.6 Å². The highest BCUT2D eigenvalue weighted by Gasteiger charge is 2.42. The van der Waals surface area contributed by atoms with Gasteiger partial charge < -0.3 is 5.32 Å². The predicted octanol–water partition coefficient (Wildman–Crippen LogP) is 3.28. The zero-order valence-corrected chi connectivity index (χ0v) is 15.4. The lowest BCUT2D eigenvalue weighted by molar-refractivity contribution is 0.0846. The Balaban J connectivity index is 1.95. The molecule has 2 amide bonds. The van der Waals surface area contributed by atoms with E-state index >= 15 is 0 Å². The van der Waals surface area contributed by atoms with E-state index in [1.54, 1.807) is 13.8 Å². The Bertz CT molecular complexity index is 1040. The Hall–Kier alpha value is -2.45. The molecule has 9 heteroatoms. The largest absolute Gasteiger partial charge is 0.322 e. The molecule has 6 nitrogen and oxygen atoms in total. The third kappa shape index (κ3) is 2.95. The summed E-state index contributed by atoms with van der Waals surface area (Å²) in [7, 11) is -4.00. The summed E-state index contributed by atoms with van der Waals surface area (Å²) in [5.74, 6) is -1.85. The number of amides is 2. The van der Waals surface area contributed by atoms with Crippen molar-refractivity contribution >= 4 is 39.1 Å². The molecule has 1 aliphatic heterocycles. The first-order valence-corrected chi connectivity index (χ1v) is 9.44. The lowest BCUT2D eigenvalue weighted by atomic mass is 10.1. The summed E-state index contributed by atoms with van der Waals surface area (Å²) in [6, 6.07) is 6.95. The summed E-state index contributed by atoms with van der Waals surface area (Å²) in [6.07, 6.45) is 0. The number of nitrogens with zero attached hydrogens (tertiary/aromatic N) is 1. The summed E-state index contributed by atoms with van der Waals surface area (Å²) < 4.78 is 39.1. The van der Waals surface area contributed by atoms with E-state index in [-0.39, 0.29) is 26.7 Å². The van der Waals surface area contributed by atoms with Crippen molar-refractivity contribution < 1.29 is 22.4 Å². The molecule has 3 rings (SSSR count). The Morgan fingerprint density at radius 2 is 1.88 bits per heavy atom. The molecule has 0 bridgehead atoms. The zero-order chi connectivity index (χ0) is 19.2. The SMILES string of the molecule is CC(C)N1C(=O)c2ccc(C(=O)Nc3ccc(F)c(Cl)c3)cc2S1(=O)=O. The minimum absolute atomic E-state index is 0.0278. The molecule has 0 radical (unpaired) electrons. The maximum Gasteiger partial charge on any atom is 0.269 e. The fourth-order valence-corrected chi connectivity index (χ4v) is 4.65. The molecule has 0 aromatic heterocycles. The first kappa shape index (κ1) is 18.3. The highest BCUT2D eigenvalue weighted by molar-refractivity contribution is 7.90. The van der Waals surface area contributed by atoms with Crippen LogP contribution in [-0.2, 0) is 10.0 Å². The Morgan fingerprint density at radius 1 is 1.19 bits per heavy atom. The predicted molar refractivity (Wildman–Crippen MR) is 94.3 cm³/mol. The molecule has 0 saturated carbocycles. The van der Waals surface area contributed by atoms with E-state index in [1.807, 2.05) is 0 Å². The van der Waals surface area contributed by atoms with Gasteiger partial charge in [-0.1, -0.05) is 11.6 Å². The summed E-state index contributed by atoms with van der Waals surface area (Å²) in [6.45, 7) is 3.18. The fourth-order valence-electron chi connectivity index (χ4n) is 2.68. The maximum absolute atomic E-state index is 13.2. The minimum Gasteiger partial charge on any atom is -0.322 e. The standard InChI is InChI=1S/C17H14ClFN2O4S/c1-9(2)21-17(23)12-5-3-10(7-15(12)26(21,24)25)16(22)20-11-4-6-14(19)13(18)8-11/h3-9H,1-2H3,(H,20,22). The third-order valence-corrected chi connectivity index (χ3v) is 6.15. The molecule has 0 spiro atoms. The molecule has 0 atom stereocenters. The van der Waals surface area contributed by atoms with E-state index in [4.69, 9.17) is 11.6 Å². The highest BCUT2D eigenvalue weighted by Crippen LogP contribution is 2.32. The van der Waals surface area contributed by atoms with Gasteiger partial charge in [0.25, 0.3) is 21.8 Å². The van der Waals surface area contributed by atoms with E-state index in [0.29, 0.717) is 0 Å². The molecule has 0 unspecified atom stereocenters. The summed E-state index contributed by atoms with van der Waals surface area (Å²) in [5, 5.41) is 2.35. The van der Waals surface area contributed by atoms with Crippen molar-refractivity contribution in [1.82, 2.24) is 4.31 Å². The van der Waals surface area contributed by atoms with Crippen LogP contribution in [0.5, 0.6) is 0 Å². The maximum atomic E-state index is 13.2. The van der Waals surface area contributed by atoms with Crippen molar-refractivity contribution in [1.29, 1.82) is 0 Å². The van der Waals surface area contributed by atoms with Gasteiger partial charge in [-0.15, -0.1) is 0 Å². The van der Waals surface area contributed by atoms with E-state index in [2.05, 4.69) is 5.32 Å². The Morgan fingerprint density at radius 3 is 2.50 bits per heavy atom. The molecule has 1 N–H and O–H groups in total. The van der Waals surface area contributed by atoms with Gasteiger partial charge in [-0.25, -0.2) is 17.1 Å². The second-order valence-electron chi connectivity index (χ2n) is 5.99. The summed E-state index contributed by atoms with van der Waals surface area (Å²) >= 11 is 5.67. The monoisotopic (exact) mass is 396 g/mol. The van der Waals surface area contributed by atoms with Crippen LogP contribution < -0.4 is 5.32 Å². The molecule has 1 aliphatic rings. The van der Waals surface area contributed by atoms with Gasteiger partial charge in [-0.05, 0) is 50.2 Å². The van der Waals surface area contributed by atoms with Crippen LogP contribution in [0.1, 0.15) is 34.6 Å². The number of benzene rings is 2. The number of carbonyl (C=O) groups excluding carboxylic acids is 2. The molecule has 26 heavy (non-hydrogen) atoms. The number of nitrogens with one attached hydrogen (secondary N) is 1. The fraction of sp³-hybridized carbons (Fsp3) is 0.176. The number of hydrogen-bond donors (Lipinski definition) is 1. The van der Waals surface area contributed by atoms with Gasteiger partial charge in [0.2, 0.25) is 0 Å². The third-order valence-electron chi connectivity index (χ3n) is 3.86. The van der Waals surface area contributed by atoms with E-state index < -0.39 is 33.7 Å². The van der Waals surface area contributed by atoms with Gasteiger partial charge in [0.05, 0.1) is 10.6 Å². The second-order valence-corrected chi connectivity index (χ2v) is 8.18. The van der Waals surface area contributed by atoms with Crippen LogP contribution in [0.15, 0.2) is 41.3 Å². The lowest BCUT2D eigenvalue weighted by Gasteiger charge is -2.18. The van der Waals surface area contributed by atoms with Crippen LogP contribution in [0, 0.1) is 5.82 Å². The van der Waals surface area contributed by atoms with Crippen LogP contribution >= 0.6 is 11.6 Å². The zero-order valence-electron chi connectivity index (χ0n) is 13.8. The van der Waals surface area contributed by atoms with Gasteiger partial charge in [-0.2, -0.15) is 0 Å². The van der Waals surface area contributed by atoms with Gasteiger partial charge >= 0.3 is 0 Å². The first-order chi connectivity index (χ1) is 12.1. The quantitative estimate of drug-likeness (QED) is 0.862. The van der Waals surface area contributed by atoms with Crippen molar-refractivity contribution in [3.05, 3.63) is 58.4 Å². The molecule has 0 aliphatic carbocycles. The molecule has 0 fully saturated rings. The molecule has 1 heterocycles.